The molecule has 7 nitrogen and oxygen atoms in total. The van der Waals surface area contributed by atoms with Crippen molar-refractivity contribution in [3.8, 4) is 11.4 Å². The fourth-order valence-electron chi connectivity index (χ4n) is 3.21. The normalized spacial score (nSPS) is 15.9. The highest BCUT2D eigenvalue weighted by molar-refractivity contribution is 7.89. The maximum absolute atomic E-state index is 12.6. The molecule has 0 atom stereocenters. The summed E-state index contributed by atoms with van der Waals surface area (Å²) in [7, 11) is -3.41. The molecule has 1 aromatic carbocycles. The molecule has 2 aromatic heterocycles. The lowest BCUT2D eigenvalue weighted by Crippen LogP contribution is -2.27. The second kappa shape index (κ2) is 5.82. The van der Waals surface area contributed by atoms with Gasteiger partial charge in [0.1, 0.15) is 0 Å². The van der Waals surface area contributed by atoms with Gasteiger partial charge >= 0.3 is 0 Å². The van der Waals surface area contributed by atoms with Gasteiger partial charge in [-0.2, -0.15) is 4.31 Å². The number of anilines is 1. The van der Waals surface area contributed by atoms with Gasteiger partial charge in [-0.1, -0.05) is 0 Å². The molecule has 1 aliphatic rings. The summed E-state index contributed by atoms with van der Waals surface area (Å²) in [5.41, 5.74) is 8.93. The van der Waals surface area contributed by atoms with Crippen LogP contribution in [0.4, 0.5) is 5.69 Å². The summed E-state index contributed by atoms with van der Waals surface area (Å²) in [6, 6.07) is 8.63. The lowest BCUT2D eigenvalue weighted by molar-refractivity contribution is 0.477. The molecule has 0 amide bonds. The molecule has 2 N–H and O–H groups in total. The van der Waals surface area contributed by atoms with Crippen molar-refractivity contribution < 1.29 is 8.42 Å². The highest BCUT2D eigenvalue weighted by atomic mass is 32.2. The monoisotopic (exact) mass is 357 g/mol. The fraction of sp³-hybridized carbons (Fsp3) is 0.294. The third-order valence-corrected chi connectivity index (χ3v) is 6.40. The van der Waals surface area contributed by atoms with Crippen LogP contribution in [0.1, 0.15) is 18.4 Å². The Morgan fingerprint density at radius 3 is 2.44 bits per heavy atom. The highest BCUT2D eigenvalue weighted by Crippen LogP contribution is 2.25. The number of nitrogens with zero attached hydrogens (tertiary/aromatic N) is 4. The van der Waals surface area contributed by atoms with Gasteiger partial charge in [0.2, 0.25) is 10.0 Å². The Balaban J connectivity index is 1.74. The maximum atomic E-state index is 12.6. The number of nitrogens with two attached hydrogens (primary N) is 1. The van der Waals surface area contributed by atoms with Crippen LogP contribution in [0, 0.1) is 6.92 Å². The first-order chi connectivity index (χ1) is 12.0. The lowest BCUT2D eigenvalue weighted by atomic mass is 10.2. The Kier molecular flexibility index (Phi) is 3.73. The number of benzene rings is 1. The van der Waals surface area contributed by atoms with Crippen LogP contribution in [0.15, 0.2) is 41.4 Å². The van der Waals surface area contributed by atoms with E-state index in [4.69, 9.17) is 5.73 Å². The van der Waals surface area contributed by atoms with E-state index in [9.17, 15) is 8.42 Å². The van der Waals surface area contributed by atoms with Crippen LogP contribution in [0.3, 0.4) is 0 Å². The highest BCUT2D eigenvalue weighted by Gasteiger charge is 2.27. The quantitative estimate of drug-likeness (QED) is 0.774. The van der Waals surface area contributed by atoms with Crippen LogP contribution in [-0.4, -0.2) is 40.4 Å². The van der Waals surface area contributed by atoms with Crippen molar-refractivity contribution in [2.75, 3.05) is 18.8 Å². The van der Waals surface area contributed by atoms with Crippen LogP contribution in [-0.2, 0) is 10.0 Å². The summed E-state index contributed by atoms with van der Waals surface area (Å²) in [5.74, 6) is 0.635. The smallest absolute Gasteiger partial charge is 0.243 e. The molecule has 130 valence electrons. The van der Waals surface area contributed by atoms with Crippen LogP contribution < -0.4 is 5.73 Å². The molecule has 3 aromatic rings. The Labute approximate surface area is 146 Å². The number of nitrogen functional groups attached to an aromatic ring is 1. The Bertz CT molecular complexity index is 1030. The first-order valence-electron chi connectivity index (χ1n) is 8.18. The molecule has 0 aliphatic carbocycles. The molecule has 3 heterocycles. The molecule has 0 saturated carbocycles. The molecular formula is C17H19N5O2S. The van der Waals surface area contributed by atoms with Crippen molar-refractivity contribution >= 4 is 21.4 Å². The molecule has 0 bridgehead atoms. The van der Waals surface area contributed by atoms with E-state index in [1.54, 1.807) is 28.6 Å². The van der Waals surface area contributed by atoms with Gasteiger partial charge in [-0.15, -0.1) is 10.2 Å². The minimum atomic E-state index is -3.41. The second-order valence-corrected chi connectivity index (χ2v) is 8.26. The van der Waals surface area contributed by atoms with Crippen molar-refractivity contribution in [2.45, 2.75) is 24.7 Å². The molecule has 4 rings (SSSR count). The van der Waals surface area contributed by atoms with Crippen molar-refractivity contribution in [2.24, 2.45) is 0 Å². The van der Waals surface area contributed by atoms with E-state index < -0.39 is 10.0 Å². The first kappa shape index (κ1) is 16.0. The zero-order chi connectivity index (χ0) is 17.6. The van der Waals surface area contributed by atoms with Crippen LogP contribution >= 0.6 is 0 Å². The van der Waals surface area contributed by atoms with E-state index in [-0.39, 0.29) is 0 Å². The SMILES string of the molecule is Cc1cc(N)c2nnc(-c3ccc(S(=O)(=O)N4CCCC4)cc3)n2c1. The topological polar surface area (TPSA) is 93.6 Å². The molecule has 0 spiro atoms. The first-order valence-corrected chi connectivity index (χ1v) is 9.62. The van der Waals surface area contributed by atoms with Crippen LogP contribution in [0.2, 0.25) is 0 Å². The van der Waals surface area contributed by atoms with Gasteiger partial charge in [-0.3, -0.25) is 4.40 Å². The number of fused-ring (bicyclic) bond motifs is 1. The summed E-state index contributed by atoms with van der Waals surface area (Å²) in [5, 5.41) is 8.34. The van der Waals surface area contributed by atoms with Gasteiger partial charge in [-0.25, -0.2) is 8.42 Å². The van der Waals surface area contributed by atoms with E-state index in [1.807, 2.05) is 23.6 Å². The van der Waals surface area contributed by atoms with E-state index in [0.717, 1.165) is 24.0 Å². The number of aryl methyl sites for hydroxylation is 1. The minimum Gasteiger partial charge on any atom is -0.396 e. The number of sulfonamides is 1. The molecule has 0 unspecified atom stereocenters. The third-order valence-electron chi connectivity index (χ3n) is 4.49. The van der Waals surface area contributed by atoms with Crippen molar-refractivity contribution in [3.05, 3.63) is 42.1 Å². The minimum absolute atomic E-state index is 0.308. The summed E-state index contributed by atoms with van der Waals surface area (Å²) in [6.07, 6.45) is 3.75. The van der Waals surface area contributed by atoms with Gasteiger partial charge in [0, 0.05) is 24.8 Å². The number of aromatic nitrogens is 3. The standard InChI is InChI=1S/C17H19N5O2S/c1-12-10-15(18)17-20-19-16(22(17)11-12)13-4-6-14(7-5-13)25(23,24)21-8-2-3-9-21/h4-7,10-11H,2-3,8-9,18H2,1H3. The molecule has 1 saturated heterocycles. The summed E-state index contributed by atoms with van der Waals surface area (Å²) >= 11 is 0. The molecule has 8 heteroatoms. The Morgan fingerprint density at radius 2 is 1.76 bits per heavy atom. The van der Waals surface area contributed by atoms with Crippen molar-refractivity contribution in [1.82, 2.24) is 18.9 Å². The van der Waals surface area contributed by atoms with Crippen molar-refractivity contribution in [1.29, 1.82) is 0 Å². The Hall–Kier alpha value is -2.45. The number of pyridine rings is 1. The van der Waals surface area contributed by atoms with Crippen LogP contribution in [0.5, 0.6) is 0 Å². The zero-order valence-corrected chi connectivity index (χ0v) is 14.7. The second-order valence-electron chi connectivity index (χ2n) is 6.33. The van der Waals surface area contributed by atoms with Gasteiger partial charge in [0.05, 0.1) is 10.6 Å². The Morgan fingerprint density at radius 1 is 1.08 bits per heavy atom. The van der Waals surface area contributed by atoms with Gasteiger partial charge < -0.3 is 5.73 Å². The largest absolute Gasteiger partial charge is 0.396 e. The third kappa shape index (κ3) is 2.67. The van der Waals surface area contributed by atoms with Gasteiger partial charge in [0.15, 0.2) is 11.5 Å². The maximum Gasteiger partial charge on any atom is 0.243 e. The molecule has 0 radical (unpaired) electrons. The summed E-state index contributed by atoms with van der Waals surface area (Å²) < 4.78 is 28.6. The molecule has 25 heavy (non-hydrogen) atoms. The summed E-state index contributed by atoms with van der Waals surface area (Å²) in [4.78, 5) is 0.308. The molecular weight excluding hydrogens is 338 g/mol. The van der Waals surface area contributed by atoms with Crippen LogP contribution in [0.25, 0.3) is 17.0 Å². The predicted octanol–water partition coefficient (Wildman–Crippen LogP) is 2.07. The predicted molar refractivity (Wildman–Crippen MR) is 95.6 cm³/mol. The van der Waals surface area contributed by atoms with Gasteiger partial charge in [-0.05, 0) is 55.7 Å². The lowest BCUT2D eigenvalue weighted by Gasteiger charge is -2.15. The number of hydrogen-bond acceptors (Lipinski definition) is 5. The average molecular weight is 357 g/mol. The zero-order valence-electron chi connectivity index (χ0n) is 13.9. The number of rotatable bonds is 3. The summed E-state index contributed by atoms with van der Waals surface area (Å²) in [6.45, 7) is 3.14. The molecule has 1 fully saturated rings. The fourth-order valence-corrected chi connectivity index (χ4v) is 4.73. The average Bonchev–Trinajstić information content (AvgIpc) is 3.25. The van der Waals surface area contributed by atoms with Crippen molar-refractivity contribution in [3.63, 3.8) is 0 Å². The molecule has 1 aliphatic heterocycles. The van der Waals surface area contributed by atoms with E-state index in [2.05, 4.69) is 10.2 Å². The van der Waals surface area contributed by atoms with E-state index in [0.29, 0.717) is 35.1 Å². The number of hydrogen-bond donors (Lipinski definition) is 1. The van der Waals surface area contributed by atoms with E-state index >= 15 is 0 Å². The van der Waals surface area contributed by atoms with E-state index in [1.165, 1.54) is 0 Å². The van der Waals surface area contributed by atoms with Gasteiger partial charge in [0.25, 0.3) is 0 Å².